The van der Waals surface area contributed by atoms with Crippen molar-refractivity contribution in [3.8, 4) is 0 Å². The highest BCUT2D eigenvalue weighted by Gasteiger charge is 2.29. The molecule has 0 saturated carbocycles. The van der Waals surface area contributed by atoms with Crippen molar-refractivity contribution in [2.75, 3.05) is 6.54 Å². The van der Waals surface area contributed by atoms with E-state index in [1.54, 1.807) is 0 Å². The number of nitrogens with one attached hydrogen (secondary N) is 1. The summed E-state index contributed by atoms with van der Waals surface area (Å²) < 4.78 is 37.0. The van der Waals surface area contributed by atoms with Crippen LogP contribution in [0.3, 0.4) is 0 Å². The molecule has 0 saturated heterocycles. The quantitative estimate of drug-likeness (QED) is 0.332. The third-order valence-corrected chi connectivity index (χ3v) is 2.48. The van der Waals surface area contributed by atoms with Gasteiger partial charge in [-0.25, -0.2) is 0 Å². The second-order valence-corrected chi connectivity index (χ2v) is 4.06. The third kappa shape index (κ3) is 5.17. The first-order valence-electron chi connectivity index (χ1n) is 5.72. The van der Waals surface area contributed by atoms with Crippen LogP contribution in [0.1, 0.15) is 17.5 Å². The first-order chi connectivity index (χ1) is 9.32. The number of carbonyl (C=O) groups is 1. The van der Waals surface area contributed by atoms with Crippen LogP contribution < -0.4 is 11.1 Å². The summed E-state index contributed by atoms with van der Waals surface area (Å²) in [6.45, 7) is 0.190. The molecule has 0 radical (unpaired) electrons. The molecule has 110 valence electrons. The molecule has 8 heteroatoms. The van der Waals surface area contributed by atoms with E-state index in [2.05, 4.69) is 10.5 Å². The molecule has 4 N–H and O–H groups in total. The van der Waals surface area contributed by atoms with Gasteiger partial charge in [-0.2, -0.15) is 13.2 Å². The van der Waals surface area contributed by atoms with Crippen molar-refractivity contribution in [3.63, 3.8) is 0 Å². The number of nitrogens with two attached hydrogens (primary N) is 1. The first kappa shape index (κ1) is 15.8. The fourth-order valence-corrected chi connectivity index (χ4v) is 1.44. The number of amides is 1. The van der Waals surface area contributed by atoms with Gasteiger partial charge in [-0.1, -0.05) is 17.3 Å². The lowest BCUT2D eigenvalue weighted by molar-refractivity contribution is -0.137. The lowest BCUT2D eigenvalue weighted by Crippen LogP contribution is -2.29. The predicted octanol–water partition coefficient (Wildman–Crippen LogP) is 1.50. The number of hydrogen-bond donors (Lipinski definition) is 3. The molecule has 0 aliphatic carbocycles. The van der Waals surface area contributed by atoms with E-state index in [-0.39, 0.29) is 31.1 Å². The molecular formula is C12H14F3N3O2. The van der Waals surface area contributed by atoms with Gasteiger partial charge in [-0.15, -0.1) is 0 Å². The molecule has 0 bridgehead atoms. The summed E-state index contributed by atoms with van der Waals surface area (Å²) in [5, 5.41) is 13.5. The highest BCUT2D eigenvalue weighted by molar-refractivity contribution is 5.82. The number of amidine groups is 1. The van der Waals surface area contributed by atoms with Crippen LogP contribution in [-0.4, -0.2) is 23.5 Å². The van der Waals surface area contributed by atoms with Crippen LogP contribution in [0.15, 0.2) is 29.4 Å². The minimum Gasteiger partial charge on any atom is -0.409 e. The molecule has 0 unspecified atom stereocenters. The highest BCUT2D eigenvalue weighted by Crippen LogP contribution is 2.29. The minimum absolute atomic E-state index is 0.0140. The molecule has 0 spiro atoms. The number of nitrogens with zero attached hydrogens (tertiary/aromatic N) is 1. The Kier molecular flexibility index (Phi) is 5.36. The van der Waals surface area contributed by atoms with Crippen LogP contribution in [0.5, 0.6) is 0 Å². The van der Waals surface area contributed by atoms with E-state index in [4.69, 9.17) is 10.9 Å². The lowest BCUT2D eigenvalue weighted by Gasteiger charge is -2.08. The van der Waals surface area contributed by atoms with Gasteiger partial charge in [-0.05, 0) is 17.7 Å². The second kappa shape index (κ2) is 6.78. The maximum Gasteiger partial charge on any atom is 0.416 e. The summed E-state index contributed by atoms with van der Waals surface area (Å²) in [6, 6.07) is 4.37. The van der Waals surface area contributed by atoms with Crippen molar-refractivity contribution in [1.82, 2.24) is 5.32 Å². The van der Waals surface area contributed by atoms with Gasteiger partial charge in [0.05, 0.1) is 12.0 Å². The normalized spacial score (nSPS) is 12.2. The summed E-state index contributed by atoms with van der Waals surface area (Å²) >= 11 is 0. The Morgan fingerprint density at radius 2 is 1.90 bits per heavy atom. The van der Waals surface area contributed by atoms with Gasteiger partial charge >= 0.3 is 6.18 Å². The average molecular weight is 289 g/mol. The number of benzene rings is 1. The predicted molar refractivity (Wildman–Crippen MR) is 66.2 cm³/mol. The van der Waals surface area contributed by atoms with Gasteiger partial charge in [0.15, 0.2) is 0 Å². The van der Waals surface area contributed by atoms with Crippen LogP contribution in [0.2, 0.25) is 0 Å². The van der Waals surface area contributed by atoms with E-state index in [1.165, 1.54) is 12.1 Å². The van der Waals surface area contributed by atoms with Gasteiger partial charge in [0.1, 0.15) is 5.84 Å². The van der Waals surface area contributed by atoms with E-state index >= 15 is 0 Å². The molecule has 0 aromatic heterocycles. The van der Waals surface area contributed by atoms with Crippen LogP contribution in [0.4, 0.5) is 13.2 Å². The van der Waals surface area contributed by atoms with Crippen molar-refractivity contribution in [2.24, 2.45) is 10.9 Å². The molecule has 0 aliphatic heterocycles. The van der Waals surface area contributed by atoms with Crippen LogP contribution in [-0.2, 0) is 17.4 Å². The summed E-state index contributed by atoms with van der Waals surface area (Å²) in [6.07, 6.45) is -4.23. The number of oxime groups is 1. The third-order valence-electron chi connectivity index (χ3n) is 2.48. The van der Waals surface area contributed by atoms with Crippen LogP contribution in [0.25, 0.3) is 0 Å². The molecule has 1 rings (SSSR count). The smallest absolute Gasteiger partial charge is 0.409 e. The number of halogens is 3. The van der Waals surface area contributed by atoms with Crippen molar-refractivity contribution < 1.29 is 23.2 Å². The monoisotopic (exact) mass is 289 g/mol. The number of rotatable bonds is 5. The van der Waals surface area contributed by atoms with E-state index < -0.39 is 11.7 Å². The summed E-state index contributed by atoms with van der Waals surface area (Å²) in [4.78, 5) is 11.5. The highest BCUT2D eigenvalue weighted by atomic mass is 19.4. The Bertz CT molecular complexity index is 484. The minimum atomic E-state index is -4.39. The zero-order chi connectivity index (χ0) is 15.2. The van der Waals surface area contributed by atoms with E-state index in [1.807, 2.05) is 0 Å². The van der Waals surface area contributed by atoms with E-state index in [9.17, 15) is 18.0 Å². The Morgan fingerprint density at radius 1 is 1.30 bits per heavy atom. The molecule has 0 aliphatic rings. The molecular weight excluding hydrogens is 275 g/mol. The zero-order valence-corrected chi connectivity index (χ0v) is 10.4. The zero-order valence-electron chi connectivity index (χ0n) is 10.4. The van der Waals surface area contributed by atoms with Crippen molar-refractivity contribution in [1.29, 1.82) is 0 Å². The first-order valence-corrected chi connectivity index (χ1v) is 5.72. The van der Waals surface area contributed by atoms with Gasteiger partial charge in [0.25, 0.3) is 0 Å². The molecule has 1 amide bonds. The maximum atomic E-state index is 12.3. The van der Waals surface area contributed by atoms with E-state index in [0.29, 0.717) is 5.56 Å². The standard InChI is InChI=1S/C12H14F3N3O2/c13-12(14,15)9-3-1-8(2-4-9)7-11(19)17-6-5-10(16)18-20/h1-4,20H,5-7H2,(H2,16,18)(H,17,19). The topological polar surface area (TPSA) is 87.7 Å². The van der Waals surface area contributed by atoms with Crippen molar-refractivity contribution in [3.05, 3.63) is 35.4 Å². The van der Waals surface area contributed by atoms with Crippen LogP contribution in [0, 0.1) is 0 Å². The summed E-state index contributed by atoms with van der Waals surface area (Å²) in [5.41, 5.74) is 4.93. The molecule has 0 heterocycles. The Labute approximate surface area is 113 Å². The summed E-state index contributed by atoms with van der Waals surface area (Å²) in [7, 11) is 0. The van der Waals surface area contributed by atoms with Gasteiger partial charge in [-0.3, -0.25) is 4.79 Å². The fourth-order valence-electron chi connectivity index (χ4n) is 1.44. The Balaban J connectivity index is 2.46. The van der Waals surface area contributed by atoms with Gasteiger partial charge in [0, 0.05) is 13.0 Å². The maximum absolute atomic E-state index is 12.3. The Morgan fingerprint density at radius 3 is 2.40 bits per heavy atom. The Hall–Kier alpha value is -2.25. The lowest BCUT2D eigenvalue weighted by atomic mass is 10.1. The number of hydrogen-bond acceptors (Lipinski definition) is 3. The van der Waals surface area contributed by atoms with Crippen molar-refractivity contribution in [2.45, 2.75) is 19.0 Å². The number of carbonyl (C=O) groups excluding carboxylic acids is 1. The molecule has 20 heavy (non-hydrogen) atoms. The van der Waals surface area contributed by atoms with Crippen molar-refractivity contribution >= 4 is 11.7 Å². The molecule has 5 nitrogen and oxygen atoms in total. The molecule has 0 atom stereocenters. The van der Waals surface area contributed by atoms with Gasteiger partial charge in [0.2, 0.25) is 5.91 Å². The largest absolute Gasteiger partial charge is 0.416 e. The van der Waals surface area contributed by atoms with E-state index in [0.717, 1.165) is 12.1 Å². The molecule has 1 aromatic carbocycles. The number of alkyl halides is 3. The second-order valence-electron chi connectivity index (χ2n) is 4.06. The molecule has 1 aromatic rings. The molecule has 0 fully saturated rings. The fraction of sp³-hybridized carbons (Fsp3) is 0.333. The summed E-state index contributed by atoms with van der Waals surface area (Å²) in [5.74, 6) is -0.365. The van der Waals surface area contributed by atoms with Crippen LogP contribution >= 0.6 is 0 Å². The SMILES string of the molecule is NC(CCNC(=O)Cc1ccc(C(F)(F)F)cc1)=NO. The van der Waals surface area contributed by atoms with Gasteiger partial charge < -0.3 is 16.3 Å². The average Bonchev–Trinajstić information content (AvgIpc) is 2.38.